The number of hydrogen-bond donors (Lipinski definition) is 1. The van der Waals surface area contributed by atoms with Gasteiger partial charge in [-0.05, 0) is 56.0 Å². The average Bonchev–Trinajstić information content (AvgIpc) is 3.34. The highest BCUT2D eigenvalue weighted by molar-refractivity contribution is 5.77. The van der Waals surface area contributed by atoms with Gasteiger partial charge in [-0.15, -0.1) is 15.3 Å². The summed E-state index contributed by atoms with van der Waals surface area (Å²) in [7, 11) is 3.24. The molecule has 2 heterocycles. The molecule has 0 saturated heterocycles. The van der Waals surface area contributed by atoms with Gasteiger partial charge in [0.05, 0.1) is 26.4 Å². The van der Waals surface area contributed by atoms with Crippen molar-refractivity contribution in [2.24, 2.45) is 0 Å². The van der Waals surface area contributed by atoms with Crippen molar-refractivity contribution in [1.29, 1.82) is 0 Å². The minimum Gasteiger partial charge on any atom is -0.493 e. The van der Waals surface area contributed by atoms with E-state index in [1.54, 1.807) is 30.9 Å². The fourth-order valence-corrected chi connectivity index (χ4v) is 3.85. The van der Waals surface area contributed by atoms with Crippen molar-refractivity contribution in [2.75, 3.05) is 14.2 Å². The third-order valence-electron chi connectivity index (χ3n) is 5.29. The summed E-state index contributed by atoms with van der Waals surface area (Å²) in [5.41, 5.74) is 2.88. The van der Waals surface area contributed by atoms with Crippen LogP contribution in [0.15, 0.2) is 24.3 Å². The van der Waals surface area contributed by atoms with E-state index in [9.17, 15) is 4.79 Å². The number of nitrogens with zero attached hydrogens (tertiary/aromatic N) is 4. The molecule has 1 aliphatic rings. The summed E-state index contributed by atoms with van der Waals surface area (Å²) in [5, 5.41) is 15.9. The van der Waals surface area contributed by atoms with Crippen molar-refractivity contribution in [3.63, 3.8) is 0 Å². The lowest BCUT2D eigenvalue weighted by Crippen LogP contribution is -2.27. The lowest BCUT2D eigenvalue weighted by Gasteiger charge is -2.16. The Hall–Kier alpha value is -3.36. The van der Waals surface area contributed by atoms with Gasteiger partial charge in [0.2, 0.25) is 11.8 Å². The second kappa shape index (κ2) is 8.79. The number of benzene rings is 1. The Morgan fingerprint density at radius 1 is 1.19 bits per heavy atom. The van der Waals surface area contributed by atoms with Crippen LogP contribution in [0.3, 0.4) is 0 Å². The van der Waals surface area contributed by atoms with Gasteiger partial charge in [0.25, 0.3) is 0 Å². The fourth-order valence-electron chi connectivity index (χ4n) is 3.85. The van der Waals surface area contributed by atoms with E-state index in [1.165, 1.54) is 5.56 Å². The first-order valence-corrected chi connectivity index (χ1v) is 10.4. The number of aromatic nitrogens is 4. The topological polar surface area (TPSA) is 99.9 Å². The normalized spacial score (nSPS) is 15.2. The van der Waals surface area contributed by atoms with Gasteiger partial charge in [-0.2, -0.15) is 4.52 Å². The van der Waals surface area contributed by atoms with Crippen LogP contribution in [0.4, 0.5) is 0 Å². The second-order valence-corrected chi connectivity index (χ2v) is 7.79. The molecule has 0 fully saturated rings. The molecule has 1 atom stereocenters. The Morgan fingerprint density at radius 3 is 2.71 bits per heavy atom. The van der Waals surface area contributed by atoms with Crippen LogP contribution in [0.25, 0.3) is 5.65 Å². The van der Waals surface area contributed by atoms with Gasteiger partial charge >= 0.3 is 0 Å². The summed E-state index contributed by atoms with van der Waals surface area (Å²) in [6, 6.07) is 7.48. The van der Waals surface area contributed by atoms with Gasteiger partial charge < -0.3 is 19.5 Å². The lowest BCUT2D eigenvalue weighted by atomic mass is 10.1. The Labute approximate surface area is 180 Å². The highest BCUT2D eigenvalue weighted by Gasteiger charge is 2.26. The highest BCUT2D eigenvalue weighted by atomic mass is 16.5. The molecule has 1 unspecified atom stereocenters. The smallest absolute Gasteiger partial charge is 0.232 e. The molecule has 0 bridgehead atoms. The molecule has 2 aromatic heterocycles. The third-order valence-corrected chi connectivity index (χ3v) is 5.29. The van der Waals surface area contributed by atoms with Crippen molar-refractivity contribution < 1.29 is 19.0 Å². The Morgan fingerprint density at radius 2 is 1.97 bits per heavy atom. The number of hydrogen-bond acceptors (Lipinski definition) is 7. The predicted molar refractivity (Wildman–Crippen MR) is 114 cm³/mol. The predicted octanol–water partition coefficient (Wildman–Crippen LogP) is 2.67. The lowest BCUT2D eigenvalue weighted by molar-refractivity contribution is -0.121. The summed E-state index contributed by atoms with van der Waals surface area (Å²) in [4.78, 5) is 12.7. The Bertz CT molecular complexity index is 1090. The third kappa shape index (κ3) is 4.40. The van der Waals surface area contributed by atoms with Crippen LogP contribution >= 0.6 is 0 Å². The highest BCUT2D eigenvalue weighted by Crippen LogP contribution is 2.39. The van der Waals surface area contributed by atoms with Crippen LogP contribution in [0, 0.1) is 0 Å². The maximum absolute atomic E-state index is 12.7. The first kappa shape index (κ1) is 20.9. The average molecular weight is 425 g/mol. The first-order valence-electron chi connectivity index (χ1n) is 10.4. The minimum atomic E-state index is -0.0426. The van der Waals surface area contributed by atoms with Crippen LogP contribution in [0.1, 0.15) is 49.7 Å². The van der Waals surface area contributed by atoms with Gasteiger partial charge in [0.1, 0.15) is 0 Å². The molecule has 164 valence electrons. The molecular formula is C22H27N5O4. The van der Waals surface area contributed by atoms with E-state index in [2.05, 4.69) is 20.6 Å². The van der Waals surface area contributed by atoms with Gasteiger partial charge in [0.15, 0.2) is 23.0 Å². The number of aryl methyl sites for hydroxylation is 2. The molecule has 0 radical (unpaired) electrons. The summed E-state index contributed by atoms with van der Waals surface area (Å²) >= 11 is 0. The zero-order valence-corrected chi connectivity index (χ0v) is 18.2. The zero-order chi connectivity index (χ0) is 22.0. The van der Waals surface area contributed by atoms with Crippen molar-refractivity contribution in [2.45, 2.75) is 51.7 Å². The number of amides is 1. The molecule has 31 heavy (non-hydrogen) atoms. The number of carbonyl (C=O) groups excluding carboxylic acids is 1. The molecule has 4 rings (SSSR count). The summed E-state index contributed by atoms with van der Waals surface area (Å²) in [5.74, 6) is 2.46. The van der Waals surface area contributed by atoms with Crippen LogP contribution in [0.5, 0.6) is 17.4 Å². The van der Waals surface area contributed by atoms with Gasteiger partial charge in [-0.1, -0.05) is 0 Å². The van der Waals surface area contributed by atoms with Gasteiger partial charge in [-0.25, -0.2) is 0 Å². The summed E-state index contributed by atoms with van der Waals surface area (Å²) < 4.78 is 18.1. The summed E-state index contributed by atoms with van der Waals surface area (Å²) in [6.45, 7) is 3.88. The molecule has 3 aromatic rings. The van der Waals surface area contributed by atoms with Crippen molar-refractivity contribution >= 4 is 11.6 Å². The molecular weight excluding hydrogens is 398 g/mol. The number of rotatable bonds is 8. The molecule has 0 aliphatic heterocycles. The number of fused-ring (bicyclic) bond motifs is 2. The van der Waals surface area contributed by atoms with Crippen LogP contribution < -0.4 is 19.5 Å². The molecule has 9 nitrogen and oxygen atoms in total. The molecule has 0 spiro atoms. The minimum absolute atomic E-state index is 0.0172. The number of nitrogens with one attached hydrogen (secondary N) is 1. The molecule has 1 amide bonds. The van der Waals surface area contributed by atoms with E-state index in [0.29, 0.717) is 35.3 Å². The van der Waals surface area contributed by atoms with Crippen LogP contribution in [-0.4, -0.2) is 46.0 Å². The molecule has 1 N–H and O–H groups in total. The molecule has 0 saturated carbocycles. The monoisotopic (exact) mass is 425 g/mol. The fraction of sp³-hybridized carbons (Fsp3) is 0.455. The van der Waals surface area contributed by atoms with Crippen LogP contribution in [0.2, 0.25) is 0 Å². The summed E-state index contributed by atoms with van der Waals surface area (Å²) in [6.07, 6.45) is 2.47. The molecule has 1 aliphatic carbocycles. The van der Waals surface area contributed by atoms with E-state index in [-0.39, 0.29) is 24.5 Å². The quantitative estimate of drug-likeness (QED) is 0.592. The maximum atomic E-state index is 12.7. The van der Waals surface area contributed by atoms with Crippen molar-refractivity contribution in [3.05, 3.63) is 41.2 Å². The zero-order valence-electron chi connectivity index (χ0n) is 18.2. The first-order chi connectivity index (χ1) is 15.0. The second-order valence-electron chi connectivity index (χ2n) is 7.79. The maximum Gasteiger partial charge on any atom is 0.232 e. The Kier molecular flexibility index (Phi) is 5.92. The van der Waals surface area contributed by atoms with Crippen LogP contribution in [-0.2, 0) is 17.6 Å². The largest absolute Gasteiger partial charge is 0.493 e. The molecule has 9 heteroatoms. The van der Waals surface area contributed by atoms with E-state index in [0.717, 1.165) is 18.4 Å². The number of carbonyl (C=O) groups is 1. The standard InChI is InChI=1S/C22H27N5O4/c1-13(2)31-22-10-8-20-25-24-19(27(20)26-22)7-9-21(28)23-16-6-5-14-11-17(29-3)18(30-4)12-15(14)16/h8,10-13,16H,5-7,9H2,1-4H3,(H,23,28). The van der Waals surface area contributed by atoms with E-state index in [4.69, 9.17) is 14.2 Å². The number of ether oxygens (including phenoxy) is 3. The Balaban J connectivity index is 1.42. The van der Waals surface area contributed by atoms with E-state index >= 15 is 0 Å². The van der Waals surface area contributed by atoms with Gasteiger partial charge in [-0.3, -0.25) is 4.79 Å². The van der Waals surface area contributed by atoms with E-state index < -0.39 is 0 Å². The molecule has 1 aromatic carbocycles. The SMILES string of the molecule is COc1cc2c(cc1OC)C(NC(=O)CCc1nnc3ccc(OC(C)C)nn13)CC2. The van der Waals surface area contributed by atoms with Gasteiger partial charge in [0, 0.05) is 18.9 Å². The van der Waals surface area contributed by atoms with Crippen molar-refractivity contribution in [1.82, 2.24) is 25.1 Å². The van der Waals surface area contributed by atoms with E-state index in [1.807, 2.05) is 26.0 Å². The number of methoxy groups -OCH3 is 2. The van der Waals surface area contributed by atoms with Crippen molar-refractivity contribution in [3.8, 4) is 17.4 Å².